The van der Waals surface area contributed by atoms with E-state index in [9.17, 15) is 14.4 Å². The lowest BCUT2D eigenvalue weighted by atomic mass is 10.1. The zero-order valence-electron chi connectivity index (χ0n) is 16.3. The van der Waals surface area contributed by atoms with Gasteiger partial charge in [0.2, 0.25) is 11.8 Å². The van der Waals surface area contributed by atoms with Gasteiger partial charge in [-0.2, -0.15) is 0 Å². The van der Waals surface area contributed by atoms with Crippen molar-refractivity contribution >= 4 is 62.5 Å². The van der Waals surface area contributed by atoms with Crippen LogP contribution in [-0.2, 0) is 14.4 Å². The minimum absolute atomic E-state index is 0.0293. The minimum atomic E-state index is -0.596. The van der Waals surface area contributed by atoms with Crippen LogP contribution in [0.2, 0.25) is 10.0 Å². The summed E-state index contributed by atoms with van der Waals surface area (Å²) >= 11 is 15.1. The molecule has 0 spiro atoms. The molecule has 2 aromatic carbocycles. The van der Waals surface area contributed by atoms with Crippen LogP contribution in [0.5, 0.6) is 5.75 Å². The number of hydrogen-bond acceptors (Lipinski definition) is 4. The molecule has 0 atom stereocenters. The van der Waals surface area contributed by atoms with Gasteiger partial charge in [0, 0.05) is 23.6 Å². The molecule has 0 fully saturated rings. The van der Waals surface area contributed by atoms with Crippen molar-refractivity contribution in [2.24, 2.45) is 0 Å². The summed E-state index contributed by atoms with van der Waals surface area (Å²) in [7, 11) is 0. The van der Waals surface area contributed by atoms with Crippen molar-refractivity contribution in [2.45, 2.75) is 26.7 Å². The van der Waals surface area contributed by atoms with E-state index in [1.807, 2.05) is 26.0 Å². The van der Waals surface area contributed by atoms with Gasteiger partial charge in [-0.25, -0.2) is 0 Å². The highest BCUT2D eigenvalue weighted by Gasteiger charge is 2.12. The van der Waals surface area contributed by atoms with E-state index in [4.69, 9.17) is 27.9 Å². The predicted octanol–water partition coefficient (Wildman–Crippen LogP) is 4.32. The summed E-state index contributed by atoms with van der Waals surface area (Å²) in [5.74, 6) is -1.15. The third kappa shape index (κ3) is 7.51. The monoisotopic (exact) mass is 515 g/mol. The van der Waals surface area contributed by atoms with E-state index in [2.05, 4.69) is 32.1 Å². The van der Waals surface area contributed by atoms with Crippen molar-refractivity contribution in [3.8, 4) is 5.75 Å². The van der Waals surface area contributed by atoms with Crippen molar-refractivity contribution < 1.29 is 19.1 Å². The topological polar surface area (TPSA) is 96.5 Å². The van der Waals surface area contributed by atoms with Crippen LogP contribution in [0.1, 0.15) is 24.0 Å². The largest absolute Gasteiger partial charge is 0.481 e. The number of hydrogen-bond donors (Lipinski definition) is 3. The van der Waals surface area contributed by atoms with E-state index in [1.54, 1.807) is 12.1 Å². The summed E-state index contributed by atoms with van der Waals surface area (Å²) in [5, 5.41) is 3.38. The second-order valence-electron chi connectivity index (χ2n) is 6.43. The van der Waals surface area contributed by atoms with Gasteiger partial charge >= 0.3 is 0 Å². The van der Waals surface area contributed by atoms with Crippen molar-refractivity contribution in [2.75, 3.05) is 11.9 Å². The Bertz CT molecular complexity index is 946. The highest BCUT2D eigenvalue weighted by molar-refractivity contribution is 9.10. The van der Waals surface area contributed by atoms with Crippen molar-refractivity contribution in [3.63, 3.8) is 0 Å². The fraction of sp³-hybridized carbons (Fsp3) is 0.250. The molecule has 0 aromatic heterocycles. The summed E-state index contributed by atoms with van der Waals surface area (Å²) < 4.78 is 5.83. The second-order valence-corrected chi connectivity index (χ2v) is 8.13. The molecule has 7 nitrogen and oxygen atoms in total. The zero-order chi connectivity index (χ0) is 22.3. The average molecular weight is 517 g/mol. The van der Waals surface area contributed by atoms with Gasteiger partial charge in [0.1, 0.15) is 0 Å². The Labute approximate surface area is 192 Å². The van der Waals surface area contributed by atoms with E-state index in [0.29, 0.717) is 15.2 Å². The number of amides is 3. The van der Waals surface area contributed by atoms with Gasteiger partial charge in [-0.1, -0.05) is 29.3 Å². The molecule has 0 heterocycles. The van der Waals surface area contributed by atoms with E-state index >= 15 is 0 Å². The molecule has 30 heavy (non-hydrogen) atoms. The van der Waals surface area contributed by atoms with Gasteiger partial charge in [0.15, 0.2) is 12.4 Å². The smallest absolute Gasteiger partial charge is 0.276 e. The Morgan fingerprint density at radius 2 is 1.60 bits per heavy atom. The Balaban J connectivity index is 1.70. The molecule has 0 saturated carbocycles. The van der Waals surface area contributed by atoms with Gasteiger partial charge in [0.05, 0.1) is 9.50 Å². The molecule has 0 radical (unpaired) electrons. The van der Waals surface area contributed by atoms with E-state index in [1.165, 1.54) is 6.07 Å². The number of aryl methyl sites for hydroxylation is 2. The first-order chi connectivity index (χ1) is 14.2. The van der Waals surface area contributed by atoms with Crippen molar-refractivity contribution in [1.29, 1.82) is 0 Å². The first-order valence-electron chi connectivity index (χ1n) is 8.88. The van der Waals surface area contributed by atoms with Gasteiger partial charge < -0.3 is 10.1 Å². The molecule has 0 aliphatic carbocycles. The fourth-order valence-electron chi connectivity index (χ4n) is 2.31. The lowest BCUT2D eigenvalue weighted by Gasteiger charge is -2.11. The first-order valence-corrected chi connectivity index (χ1v) is 10.4. The van der Waals surface area contributed by atoms with Crippen LogP contribution in [0, 0.1) is 13.8 Å². The molecule has 0 bridgehead atoms. The standard InChI is InChI=1S/C20H20BrCl2N3O4/c1-11-3-4-14(7-12(11)2)24-17(27)5-6-18(28)25-26-19(29)10-30-20-15(21)8-13(22)9-16(20)23/h3-4,7-9H,5-6,10H2,1-2H3,(H,24,27)(H,25,28)(H,26,29). The van der Waals surface area contributed by atoms with Crippen LogP contribution >= 0.6 is 39.1 Å². The number of carbonyl (C=O) groups excluding carboxylic acids is 3. The van der Waals surface area contributed by atoms with Crippen LogP contribution in [0.25, 0.3) is 0 Å². The highest BCUT2D eigenvalue weighted by atomic mass is 79.9. The number of nitrogens with one attached hydrogen (secondary N) is 3. The van der Waals surface area contributed by atoms with E-state index in [-0.39, 0.29) is 36.1 Å². The number of halogens is 3. The molecule has 0 unspecified atom stereocenters. The predicted molar refractivity (Wildman–Crippen MR) is 120 cm³/mol. The Kier molecular flexibility index (Phi) is 8.95. The molecule has 3 N–H and O–H groups in total. The maximum absolute atomic E-state index is 12.0. The average Bonchev–Trinajstić information content (AvgIpc) is 2.66. The van der Waals surface area contributed by atoms with Crippen LogP contribution in [0.4, 0.5) is 5.69 Å². The van der Waals surface area contributed by atoms with E-state index < -0.39 is 11.8 Å². The van der Waals surface area contributed by atoms with Crippen LogP contribution in [0.15, 0.2) is 34.8 Å². The van der Waals surface area contributed by atoms with Crippen molar-refractivity contribution in [1.82, 2.24) is 10.9 Å². The Hall–Kier alpha value is -2.29. The summed E-state index contributed by atoms with van der Waals surface area (Å²) in [5.41, 5.74) is 7.29. The highest BCUT2D eigenvalue weighted by Crippen LogP contribution is 2.35. The molecule has 2 rings (SSSR count). The molecule has 10 heteroatoms. The minimum Gasteiger partial charge on any atom is -0.481 e. The maximum atomic E-state index is 12.0. The van der Waals surface area contributed by atoms with Gasteiger partial charge in [0.25, 0.3) is 5.91 Å². The van der Waals surface area contributed by atoms with Gasteiger partial charge in [-0.15, -0.1) is 0 Å². The Morgan fingerprint density at radius 3 is 2.27 bits per heavy atom. The summed E-state index contributed by atoms with van der Waals surface area (Å²) in [6, 6.07) is 8.62. The summed E-state index contributed by atoms with van der Waals surface area (Å²) in [4.78, 5) is 35.6. The van der Waals surface area contributed by atoms with Crippen LogP contribution in [0.3, 0.4) is 0 Å². The van der Waals surface area contributed by atoms with Gasteiger partial charge in [-0.3, -0.25) is 25.2 Å². The summed E-state index contributed by atoms with van der Waals surface area (Å²) in [6.45, 7) is 3.55. The molecular weight excluding hydrogens is 497 g/mol. The van der Waals surface area contributed by atoms with Crippen molar-refractivity contribution in [3.05, 3.63) is 56.0 Å². The fourth-order valence-corrected chi connectivity index (χ4v) is 3.68. The number of rotatable bonds is 7. The van der Waals surface area contributed by atoms with Crippen LogP contribution < -0.4 is 20.9 Å². The molecule has 0 aliphatic heterocycles. The van der Waals surface area contributed by atoms with Gasteiger partial charge in [-0.05, 0) is 65.2 Å². The molecule has 3 amide bonds. The number of ether oxygens (including phenoxy) is 1. The number of carbonyl (C=O) groups is 3. The molecule has 0 aliphatic rings. The lowest BCUT2D eigenvalue weighted by Crippen LogP contribution is -2.44. The molecule has 160 valence electrons. The third-order valence-corrected chi connectivity index (χ3v) is 5.11. The molecule has 0 saturated heterocycles. The zero-order valence-corrected chi connectivity index (χ0v) is 19.4. The van der Waals surface area contributed by atoms with Crippen LogP contribution in [-0.4, -0.2) is 24.3 Å². The number of anilines is 1. The number of benzene rings is 2. The van der Waals surface area contributed by atoms with E-state index in [0.717, 1.165) is 11.1 Å². The Morgan fingerprint density at radius 1 is 0.933 bits per heavy atom. The lowest BCUT2D eigenvalue weighted by molar-refractivity contribution is -0.130. The maximum Gasteiger partial charge on any atom is 0.276 e. The molecule has 2 aromatic rings. The SMILES string of the molecule is Cc1ccc(NC(=O)CCC(=O)NNC(=O)COc2c(Cl)cc(Cl)cc2Br)cc1C. The normalized spacial score (nSPS) is 10.3. The molecular formula is C20H20BrCl2N3O4. The second kappa shape index (κ2) is 11.2. The summed E-state index contributed by atoms with van der Waals surface area (Å²) in [6.07, 6.45) is -0.120. The number of hydrazine groups is 1. The third-order valence-electron chi connectivity index (χ3n) is 4.02. The first kappa shape index (κ1) is 24.0. The quantitative estimate of drug-likeness (QED) is 0.477.